The molecule has 0 saturated heterocycles. The third-order valence-corrected chi connectivity index (χ3v) is 5.71. The van der Waals surface area contributed by atoms with Crippen LogP contribution in [0.1, 0.15) is 28.8 Å². The zero-order chi connectivity index (χ0) is 16.5. The summed E-state index contributed by atoms with van der Waals surface area (Å²) < 4.78 is 27.5. The van der Waals surface area contributed by atoms with E-state index in [1.165, 1.54) is 24.3 Å². The molecule has 1 saturated carbocycles. The minimum absolute atomic E-state index is 0.0957. The third-order valence-electron chi connectivity index (χ3n) is 4.29. The summed E-state index contributed by atoms with van der Waals surface area (Å²) in [6.45, 7) is 0.372. The van der Waals surface area contributed by atoms with Gasteiger partial charge in [-0.3, -0.25) is 4.79 Å². The Morgan fingerprint density at radius 3 is 2.17 bits per heavy atom. The van der Waals surface area contributed by atoms with Gasteiger partial charge in [0, 0.05) is 17.5 Å². The summed E-state index contributed by atoms with van der Waals surface area (Å²) in [5.41, 5.74) is 6.50. The van der Waals surface area contributed by atoms with E-state index in [0.717, 1.165) is 18.4 Å². The van der Waals surface area contributed by atoms with Crippen molar-refractivity contribution >= 4 is 15.9 Å². The van der Waals surface area contributed by atoms with E-state index in [4.69, 9.17) is 5.73 Å². The summed E-state index contributed by atoms with van der Waals surface area (Å²) in [6.07, 6.45) is 1.94. The lowest BCUT2D eigenvalue weighted by Crippen LogP contribution is -2.32. The van der Waals surface area contributed by atoms with Gasteiger partial charge in [-0.1, -0.05) is 30.3 Å². The fraction of sp³-hybridized carbons (Fsp3) is 0.235. The van der Waals surface area contributed by atoms with E-state index in [0.29, 0.717) is 6.54 Å². The van der Waals surface area contributed by atoms with E-state index in [-0.39, 0.29) is 15.9 Å². The topological polar surface area (TPSA) is 89.3 Å². The first-order chi connectivity index (χ1) is 10.9. The Hall–Kier alpha value is -2.18. The first kappa shape index (κ1) is 15.7. The number of nitrogens with two attached hydrogens (primary N) is 1. The van der Waals surface area contributed by atoms with Crippen molar-refractivity contribution in [2.45, 2.75) is 23.2 Å². The summed E-state index contributed by atoms with van der Waals surface area (Å²) in [7, 11) is -3.61. The summed E-state index contributed by atoms with van der Waals surface area (Å²) in [6, 6.07) is 15.6. The average Bonchev–Trinajstić information content (AvgIpc) is 3.35. The maximum Gasteiger partial charge on any atom is 0.248 e. The van der Waals surface area contributed by atoms with Crippen LogP contribution in [0.2, 0.25) is 0 Å². The van der Waals surface area contributed by atoms with Crippen LogP contribution in [0.5, 0.6) is 0 Å². The maximum absolute atomic E-state index is 12.4. The fourth-order valence-corrected chi connectivity index (χ4v) is 3.75. The molecular weight excluding hydrogens is 312 g/mol. The van der Waals surface area contributed by atoms with Crippen molar-refractivity contribution in [2.75, 3.05) is 6.54 Å². The quantitative estimate of drug-likeness (QED) is 0.846. The predicted molar refractivity (Wildman–Crippen MR) is 87.5 cm³/mol. The third kappa shape index (κ3) is 3.28. The van der Waals surface area contributed by atoms with Crippen LogP contribution in [0.3, 0.4) is 0 Å². The largest absolute Gasteiger partial charge is 0.366 e. The molecule has 1 aliphatic carbocycles. The minimum atomic E-state index is -3.61. The lowest BCUT2D eigenvalue weighted by Gasteiger charge is -2.16. The molecule has 0 bridgehead atoms. The van der Waals surface area contributed by atoms with Gasteiger partial charge in [0.15, 0.2) is 0 Å². The highest BCUT2D eigenvalue weighted by Crippen LogP contribution is 2.47. The molecular formula is C17H18N2O3S. The summed E-state index contributed by atoms with van der Waals surface area (Å²) in [5, 5.41) is 0. The molecule has 0 radical (unpaired) electrons. The van der Waals surface area contributed by atoms with Crippen molar-refractivity contribution < 1.29 is 13.2 Å². The Kier molecular flexibility index (Phi) is 3.95. The first-order valence-electron chi connectivity index (χ1n) is 7.38. The van der Waals surface area contributed by atoms with E-state index in [2.05, 4.69) is 4.72 Å². The molecule has 0 aromatic heterocycles. The fourth-order valence-electron chi connectivity index (χ4n) is 2.62. The average molecular weight is 330 g/mol. The molecule has 0 spiro atoms. The molecule has 0 unspecified atom stereocenters. The number of sulfonamides is 1. The number of hydrogen-bond donors (Lipinski definition) is 2. The number of primary amides is 1. The summed E-state index contributed by atoms with van der Waals surface area (Å²) >= 11 is 0. The molecule has 1 amide bonds. The van der Waals surface area contributed by atoms with E-state index in [1.54, 1.807) is 0 Å². The van der Waals surface area contributed by atoms with Crippen molar-refractivity contribution in [2.24, 2.45) is 5.73 Å². The SMILES string of the molecule is NC(=O)c1ccc(S(=O)(=O)NCC2(c3ccccc3)CC2)cc1. The van der Waals surface area contributed by atoms with Crippen molar-refractivity contribution in [3.05, 3.63) is 65.7 Å². The highest BCUT2D eigenvalue weighted by molar-refractivity contribution is 7.89. The molecule has 0 atom stereocenters. The minimum Gasteiger partial charge on any atom is -0.366 e. The molecule has 6 heteroatoms. The van der Waals surface area contributed by atoms with E-state index < -0.39 is 15.9 Å². The molecule has 23 heavy (non-hydrogen) atoms. The normalized spacial score (nSPS) is 16.0. The Labute approximate surface area is 135 Å². The van der Waals surface area contributed by atoms with Crippen LogP contribution >= 0.6 is 0 Å². The predicted octanol–water partition coefficient (Wildman–Crippen LogP) is 1.80. The number of carbonyl (C=O) groups excluding carboxylic acids is 1. The second-order valence-corrected chi connectivity index (χ2v) is 7.63. The van der Waals surface area contributed by atoms with Crippen LogP contribution in [-0.2, 0) is 15.4 Å². The van der Waals surface area contributed by atoms with Gasteiger partial charge in [-0.25, -0.2) is 13.1 Å². The van der Waals surface area contributed by atoms with Crippen molar-refractivity contribution in [1.82, 2.24) is 4.72 Å². The Bertz CT molecular complexity index is 811. The van der Waals surface area contributed by atoms with Crippen LogP contribution in [0.15, 0.2) is 59.5 Å². The monoisotopic (exact) mass is 330 g/mol. The van der Waals surface area contributed by atoms with Gasteiger partial charge < -0.3 is 5.73 Å². The van der Waals surface area contributed by atoms with Gasteiger partial charge in [-0.2, -0.15) is 0 Å². The Morgan fingerprint density at radius 1 is 1.04 bits per heavy atom. The van der Waals surface area contributed by atoms with Gasteiger partial charge >= 0.3 is 0 Å². The molecule has 2 aromatic carbocycles. The lowest BCUT2D eigenvalue weighted by atomic mass is 9.96. The first-order valence-corrected chi connectivity index (χ1v) is 8.86. The van der Waals surface area contributed by atoms with Crippen LogP contribution in [0.25, 0.3) is 0 Å². The van der Waals surface area contributed by atoms with Gasteiger partial charge in [0.25, 0.3) is 0 Å². The highest BCUT2D eigenvalue weighted by Gasteiger charge is 2.44. The van der Waals surface area contributed by atoms with Gasteiger partial charge in [0.1, 0.15) is 0 Å². The highest BCUT2D eigenvalue weighted by atomic mass is 32.2. The number of amides is 1. The smallest absolute Gasteiger partial charge is 0.248 e. The van der Waals surface area contributed by atoms with E-state index in [9.17, 15) is 13.2 Å². The molecule has 1 fully saturated rings. The van der Waals surface area contributed by atoms with Gasteiger partial charge in [0.2, 0.25) is 15.9 Å². The second-order valence-electron chi connectivity index (χ2n) is 5.86. The van der Waals surface area contributed by atoms with Gasteiger partial charge in [-0.05, 0) is 42.7 Å². The second kappa shape index (κ2) is 5.79. The zero-order valence-electron chi connectivity index (χ0n) is 12.5. The van der Waals surface area contributed by atoms with E-state index >= 15 is 0 Å². The van der Waals surface area contributed by atoms with Crippen LogP contribution in [0.4, 0.5) is 0 Å². The molecule has 120 valence electrons. The standard InChI is InChI=1S/C17H18N2O3S/c18-16(20)13-6-8-15(9-7-13)23(21,22)19-12-17(10-11-17)14-4-2-1-3-5-14/h1-9,19H,10-12H2,(H2,18,20). The number of hydrogen-bond acceptors (Lipinski definition) is 3. The summed E-state index contributed by atoms with van der Waals surface area (Å²) in [5.74, 6) is -0.581. The van der Waals surface area contributed by atoms with E-state index in [1.807, 2.05) is 30.3 Å². The lowest BCUT2D eigenvalue weighted by molar-refractivity contribution is 0.1000. The Balaban J connectivity index is 1.73. The van der Waals surface area contributed by atoms with Gasteiger partial charge in [0.05, 0.1) is 4.90 Å². The van der Waals surface area contributed by atoms with Crippen LogP contribution in [-0.4, -0.2) is 20.9 Å². The Morgan fingerprint density at radius 2 is 1.65 bits per heavy atom. The molecule has 5 nitrogen and oxygen atoms in total. The number of rotatable bonds is 6. The molecule has 3 rings (SSSR count). The molecule has 0 aliphatic heterocycles. The molecule has 0 heterocycles. The summed E-state index contributed by atoms with van der Waals surface area (Å²) in [4.78, 5) is 11.2. The number of carbonyl (C=O) groups is 1. The molecule has 3 N–H and O–H groups in total. The van der Waals surface area contributed by atoms with Crippen LogP contribution < -0.4 is 10.5 Å². The number of benzene rings is 2. The number of nitrogens with one attached hydrogen (secondary N) is 1. The van der Waals surface area contributed by atoms with Crippen molar-refractivity contribution in [3.8, 4) is 0 Å². The van der Waals surface area contributed by atoms with Crippen molar-refractivity contribution in [1.29, 1.82) is 0 Å². The molecule has 1 aliphatic rings. The zero-order valence-corrected chi connectivity index (χ0v) is 13.3. The van der Waals surface area contributed by atoms with Crippen molar-refractivity contribution in [3.63, 3.8) is 0 Å². The van der Waals surface area contributed by atoms with Gasteiger partial charge in [-0.15, -0.1) is 0 Å². The maximum atomic E-state index is 12.4. The van der Waals surface area contributed by atoms with Crippen LogP contribution in [0, 0.1) is 0 Å². The molecule has 2 aromatic rings.